The van der Waals surface area contributed by atoms with Gasteiger partial charge in [0, 0.05) is 0 Å². The van der Waals surface area contributed by atoms with Crippen molar-refractivity contribution in [3.8, 4) is 0 Å². The van der Waals surface area contributed by atoms with Crippen molar-refractivity contribution in [1.29, 1.82) is 0 Å². The molecule has 0 aliphatic rings. The number of aromatic nitrogens is 1. The molecule has 0 radical (unpaired) electrons. The van der Waals surface area contributed by atoms with E-state index in [1.807, 2.05) is 20.8 Å². The lowest BCUT2D eigenvalue weighted by Crippen LogP contribution is -2.19. The fourth-order valence-corrected chi connectivity index (χ4v) is 1.22. The second kappa shape index (κ2) is 6.31. The van der Waals surface area contributed by atoms with Crippen LogP contribution in [0.2, 0.25) is 0 Å². The van der Waals surface area contributed by atoms with Crippen molar-refractivity contribution in [2.75, 3.05) is 13.2 Å². The van der Waals surface area contributed by atoms with Gasteiger partial charge in [-0.05, 0) is 24.5 Å². The molecule has 0 amide bonds. The number of nitrogens with zero attached hydrogens (tertiary/aromatic N) is 1. The topological polar surface area (TPSA) is 65.5 Å². The lowest BCUT2D eigenvalue weighted by Gasteiger charge is -2.17. The van der Waals surface area contributed by atoms with Crippen molar-refractivity contribution in [1.82, 2.24) is 4.98 Å². The van der Waals surface area contributed by atoms with E-state index in [2.05, 4.69) is 4.98 Å². The Morgan fingerprint density at radius 2 is 1.63 bits per heavy atom. The van der Waals surface area contributed by atoms with Gasteiger partial charge in [0.15, 0.2) is 0 Å². The van der Waals surface area contributed by atoms with Gasteiger partial charge in [-0.2, -0.15) is 0 Å². The molecule has 0 aliphatic carbocycles. The van der Waals surface area contributed by atoms with Crippen LogP contribution in [-0.4, -0.2) is 30.1 Å². The Hall–Kier alpha value is -1.91. The standard InChI is InChI=1S/C14H19NO4/c1-5-18-12(16)10-7-6-8-11(15-10)13(17)19-9-14(2,3)4/h6-8H,5,9H2,1-4H3. The first kappa shape index (κ1) is 15.1. The van der Waals surface area contributed by atoms with Gasteiger partial charge in [0.05, 0.1) is 13.2 Å². The van der Waals surface area contributed by atoms with E-state index in [1.54, 1.807) is 13.0 Å². The summed E-state index contributed by atoms with van der Waals surface area (Å²) in [7, 11) is 0. The van der Waals surface area contributed by atoms with Crippen molar-refractivity contribution in [3.05, 3.63) is 29.6 Å². The molecule has 5 nitrogen and oxygen atoms in total. The minimum atomic E-state index is -0.548. The van der Waals surface area contributed by atoms with Crippen LogP contribution in [0.3, 0.4) is 0 Å². The number of esters is 2. The molecule has 0 saturated carbocycles. The fourth-order valence-electron chi connectivity index (χ4n) is 1.22. The number of carbonyl (C=O) groups excluding carboxylic acids is 2. The quantitative estimate of drug-likeness (QED) is 0.782. The summed E-state index contributed by atoms with van der Waals surface area (Å²) in [6.07, 6.45) is 0. The summed E-state index contributed by atoms with van der Waals surface area (Å²) in [6.45, 7) is 8.14. The molecule has 0 bridgehead atoms. The van der Waals surface area contributed by atoms with Crippen LogP contribution in [0, 0.1) is 5.41 Å². The maximum atomic E-state index is 11.8. The van der Waals surface area contributed by atoms with Crippen LogP contribution in [0.25, 0.3) is 0 Å². The van der Waals surface area contributed by atoms with E-state index in [4.69, 9.17) is 9.47 Å². The molecule has 1 rings (SSSR count). The Balaban J connectivity index is 2.76. The highest BCUT2D eigenvalue weighted by atomic mass is 16.5. The molecular weight excluding hydrogens is 246 g/mol. The average Bonchev–Trinajstić information content (AvgIpc) is 2.35. The third-order valence-corrected chi connectivity index (χ3v) is 2.08. The van der Waals surface area contributed by atoms with E-state index in [1.165, 1.54) is 12.1 Å². The van der Waals surface area contributed by atoms with Gasteiger partial charge >= 0.3 is 11.9 Å². The number of ether oxygens (including phenoxy) is 2. The number of carbonyl (C=O) groups is 2. The molecule has 0 atom stereocenters. The van der Waals surface area contributed by atoms with E-state index >= 15 is 0 Å². The Morgan fingerprint density at radius 3 is 2.11 bits per heavy atom. The van der Waals surface area contributed by atoms with Crippen molar-refractivity contribution >= 4 is 11.9 Å². The van der Waals surface area contributed by atoms with E-state index in [0.717, 1.165) is 0 Å². The van der Waals surface area contributed by atoms with Crippen molar-refractivity contribution < 1.29 is 19.1 Å². The van der Waals surface area contributed by atoms with Gasteiger partial charge in [-0.15, -0.1) is 0 Å². The highest BCUT2D eigenvalue weighted by Gasteiger charge is 2.17. The third kappa shape index (κ3) is 5.07. The van der Waals surface area contributed by atoms with Crippen LogP contribution in [-0.2, 0) is 9.47 Å². The lowest BCUT2D eigenvalue weighted by atomic mass is 9.99. The van der Waals surface area contributed by atoms with Gasteiger partial charge < -0.3 is 9.47 Å². The van der Waals surface area contributed by atoms with Gasteiger partial charge in [0.2, 0.25) is 0 Å². The molecule has 0 fully saturated rings. The normalized spacial score (nSPS) is 10.9. The fraction of sp³-hybridized carbons (Fsp3) is 0.500. The smallest absolute Gasteiger partial charge is 0.356 e. The second-order valence-electron chi connectivity index (χ2n) is 5.27. The monoisotopic (exact) mass is 265 g/mol. The minimum Gasteiger partial charge on any atom is -0.461 e. The predicted molar refractivity (Wildman–Crippen MR) is 69.9 cm³/mol. The van der Waals surface area contributed by atoms with Crippen LogP contribution in [0.5, 0.6) is 0 Å². The van der Waals surface area contributed by atoms with Gasteiger partial charge in [-0.25, -0.2) is 14.6 Å². The zero-order valence-electron chi connectivity index (χ0n) is 11.7. The lowest BCUT2D eigenvalue weighted by molar-refractivity contribution is 0.0359. The molecule has 1 aromatic heterocycles. The number of hydrogen-bond acceptors (Lipinski definition) is 5. The van der Waals surface area contributed by atoms with Crippen molar-refractivity contribution in [2.24, 2.45) is 5.41 Å². The molecule has 0 unspecified atom stereocenters. The molecule has 0 saturated heterocycles. The summed E-state index contributed by atoms with van der Waals surface area (Å²) in [5, 5.41) is 0. The summed E-state index contributed by atoms with van der Waals surface area (Å²) in [5.74, 6) is -1.09. The summed E-state index contributed by atoms with van der Waals surface area (Å²) >= 11 is 0. The number of hydrogen-bond donors (Lipinski definition) is 0. The summed E-state index contributed by atoms with van der Waals surface area (Å²) in [5.41, 5.74) is 0.0934. The molecule has 104 valence electrons. The van der Waals surface area contributed by atoms with Crippen LogP contribution in [0.4, 0.5) is 0 Å². The van der Waals surface area contributed by atoms with Crippen molar-refractivity contribution in [3.63, 3.8) is 0 Å². The molecule has 0 aromatic carbocycles. The molecule has 19 heavy (non-hydrogen) atoms. The molecule has 1 aromatic rings. The first-order valence-corrected chi connectivity index (χ1v) is 6.15. The maximum Gasteiger partial charge on any atom is 0.356 e. The molecule has 0 N–H and O–H groups in total. The Bertz CT molecular complexity index is 463. The van der Waals surface area contributed by atoms with E-state index in [-0.39, 0.29) is 30.0 Å². The zero-order valence-corrected chi connectivity index (χ0v) is 11.7. The Morgan fingerprint density at radius 1 is 1.11 bits per heavy atom. The van der Waals surface area contributed by atoms with Gasteiger partial charge in [-0.1, -0.05) is 26.8 Å². The van der Waals surface area contributed by atoms with E-state index < -0.39 is 11.9 Å². The van der Waals surface area contributed by atoms with Crippen LogP contribution >= 0.6 is 0 Å². The van der Waals surface area contributed by atoms with E-state index in [0.29, 0.717) is 0 Å². The first-order valence-electron chi connectivity index (χ1n) is 6.15. The third-order valence-electron chi connectivity index (χ3n) is 2.08. The molecule has 0 aliphatic heterocycles. The molecular formula is C14H19NO4. The number of rotatable bonds is 4. The minimum absolute atomic E-state index is 0.104. The first-order chi connectivity index (χ1) is 8.83. The van der Waals surface area contributed by atoms with Crippen LogP contribution < -0.4 is 0 Å². The number of pyridine rings is 1. The van der Waals surface area contributed by atoms with E-state index in [9.17, 15) is 9.59 Å². The Labute approximate surface area is 112 Å². The van der Waals surface area contributed by atoms with Crippen LogP contribution in [0.1, 0.15) is 48.7 Å². The van der Waals surface area contributed by atoms with Crippen LogP contribution in [0.15, 0.2) is 18.2 Å². The summed E-state index contributed by atoms with van der Waals surface area (Å²) in [6, 6.07) is 4.58. The van der Waals surface area contributed by atoms with Gasteiger partial charge in [0.25, 0.3) is 0 Å². The molecule has 0 spiro atoms. The SMILES string of the molecule is CCOC(=O)c1cccc(C(=O)OCC(C)(C)C)n1. The largest absolute Gasteiger partial charge is 0.461 e. The summed E-state index contributed by atoms with van der Waals surface area (Å²) < 4.78 is 9.96. The molecule has 5 heteroatoms. The molecule has 1 heterocycles. The Kier molecular flexibility index (Phi) is 5.03. The second-order valence-corrected chi connectivity index (χ2v) is 5.27. The highest BCUT2D eigenvalue weighted by Crippen LogP contribution is 2.14. The summed E-state index contributed by atoms with van der Waals surface area (Å²) in [4.78, 5) is 27.2. The van der Waals surface area contributed by atoms with Crippen molar-refractivity contribution in [2.45, 2.75) is 27.7 Å². The average molecular weight is 265 g/mol. The van der Waals surface area contributed by atoms with Gasteiger partial charge in [-0.3, -0.25) is 0 Å². The zero-order chi connectivity index (χ0) is 14.5. The maximum absolute atomic E-state index is 11.8. The predicted octanol–water partition coefficient (Wildman–Crippen LogP) is 2.46. The van der Waals surface area contributed by atoms with Gasteiger partial charge in [0.1, 0.15) is 11.4 Å². The highest BCUT2D eigenvalue weighted by molar-refractivity contribution is 5.91.